The molecule has 3 aromatic rings. The van der Waals surface area contributed by atoms with E-state index in [0.29, 0.717) is 0 Å². The number of Topliss-reactive ketones (excluding diaryl/α,β-unsaturated/α-hetero) is 1. The number of hydrogen-bond donors (Lipinski definition) is 0. The van der Waals surface area contributed by atoms with Gasteiger partial charge in [-0.05, 0) is 32.9 Å². The van der Waals surface area contributed by atoms with Crippen LogP contribution in [0.3, 0.4) is 0 Å². The van der Waals surface area contributed by atoms with Crippen molar-refractivity contribution in [2.75, 3.05) is 0 Å². The third-order valence-electron chi connectivity index (χ3n) is 3.81. The summed E-state index contributed by atoms with van der Waals surface area (Å²) in [6, 6.07) is 18.2. The van der Waals surface area contributed by atoms with Crippen LogP contribution in [0.4, 0.5) is 0 Å². The molecule has 3 rings (SSSR count). The average Bonchev–Trinajstić information content (AvgIpc) is 3.00. The maximum absolute atomic E-state index is 11.6. The van der Waals surface area contributed by atoms with E-state index in [1.807, 2.05) is 54.0 Å². The van der Waals surface area contributed by atoms with Crippen molar-refractivity contribution in [2.24, 2.45) is 0 Å². The number of benzene rings is 2. The molecule has 2 aromatic carbocycles. The van der Waals surface area contributed by atoms with Crippen LogP contribution in [0.2, 0.25) is 0 Å². The Morgan fingerprint density at radius 1 is 1.04 bits per heavy atom. The van der Waals surface area contributed by atoms with Gasteiger partial charge in [-0.1, -0.05) is 59.8 Å². The van der Waals surface area contributed by atoms with E-state index in [1.54, 1.807) is 6.92 Å². The maximum Gasteiger partial charge on any atom is 0.196 e. The standard InChI is InChI=1S/C19H19N3OS/c1-13-9-11-17(12-10-13)22-18(16-7-5-4-6-8-16)20-21-19(22)24-15(3)14(2)23/h4-12,15H,1-3H3. The summed E-state index contributed by atoms with van der Waals surface area (Å²) in [4.78, 5) is 11.6. The number of nitrogens with zero attached hydrogens (tertiary/aromatic N) is 3. The topological polar surface area (TPSA) is 47.8 Å². The molecule has 1 heterocycles. The second-order valence-electron chi connectivity index (χ2n) is 5.71. The molecule has 1 atom stereocenters. The molecule has 0 N–H and O–H groups in total. The lowest BCUT2D eigenvalue weighted by atomic mass is 10.2. The number of carbonyl (C=O) groups is 1. The second-order valence-corrected chi connectivity index (χ2v) is 7.02. The number of rotatable bonds is 5. The van der Waals surface area contributed by atoms with Gasteiger partial charge in [0, 0.05) is 11.3 Å². The van der Waals surface area contributed by atoms with Crippen LogP contribution in [0.5, 0.6) is 0 Å². The summed E-state index contributed by atoms with van der Waals surface area (Å²) in [6.45, 7) is 5.55. The van der Waals surface area contributed by atoms with E-state index in [1.165, 1.54) is 17.3 Å². The van der Waals surface area contributed by atoms with Gasteiger partial charge in [-0.2, -0.15) is 0 Å². The van der Waals surface area contributed by atoms with E-state index >= 15 is 0 Å². The van der Waals surface area contributed by atoms with Crippen LogP contribution in [0, 0.1) is 6.92 Å². The zero-order chi connectivity index (χ0) is 17.1. The van der Waals surface area contributed by atoms with Crippen molar-refractivity contribution < 1.29 is 4.79 Å². The number of aromatic nitrogens is 3. The SMILES string of the molecule is CC(=O)C(C)Sc1nnc(-c2ccccc2)n1-c1ccc(C)cc1. The van der Waals surface area contributed by atoms with Gasteiger partial charge in [0.05, 0.1) is 5.25 Å². The minimum Gasteiger partial charge on any atom is -0.299 e. The maximum atomic E-state index is 11.6. The highest BCUT2D eigenvalue weighted by Crippen LogP contribution is 2.30. The van der Waals surface area contributed by atoms with Crippen molar-refractivity contribution in [2.45, 2.75) is 31.2 Å². The van der Waals surface area contributed by atoms with Crippen molar-refractivity contribution in [3.63, 3.8) is 0 Å². The monoisotopic (exact) mass is 337 g/mol. The predicted molar refractivity (Wildman–Crippen MR) is 97.5 cm³/mol. The van der Waals surface area contributed by atoms with Crippen LogP contribution in [0.15, 0.2) is 59.8 Å². The number of hydrogen-bond acceptors (Lipinski definition) is 4. The van der Waals surface area contributed by atoms with Gasteiger partial charge in [0.25, 0.3) is 0 Å². The number of aryl methyl sites for hydroxylation is 1. The van der Waals surface area contributed by atoms with Gasteiger partial charge in [0.1, 0.15) is 5.78 Å². The van der Waals surface area contributed by atoms with E-state index < -0.39 is 0 Å². The molecule has 0 spiro atoms. The Balaban J connectivity index is 2.12. The summed E-state index contributed by atoms with van der Waals surface area (Å²) < 4.78 is 2.01. The first-order valence-corrected chi connectivity index (χ1v) is 8.69. The smallest absolute Gasteiger partial charge is 0.196 e. The van der Waals surface area contributed by atoms with Crippen LogP contribution in [-0.4, -0.2) is 25.8 Å². The van der Waals surface area contributed by atoms with Gasteiger partial charge in [-0.3, -0.25) is 9.36 Å². The van der Waals surface area contributed by atoms with Crippen molar-refractivity contribution in [3.05, 3.63) is 60.2 Å². The van der Waals surface area contributed by atoms with Crippen LogP contribution < -0.4 is 0 Å². The Morgan fingerprint density at radius 3 is 2.33 bits per heavy atom. The molecule has 122 valence electrons. The van der Waals surface area contributed by atoms with Crippen molar-refractivity contribution in [1.82, 2.24) is 14.8 Å². The number of carbonyl (C=O) groups excluding carboxylic acids is 1. The van der Waals surface area contributed by atoms with Crippen molar-refractivity contribution in [1.29, 1.82) is 0 Å². The summed E-state index contributed by atoms with van der Waals surface area (Å²) in [5.41, 5.74) is 3.18. The molecule has 0 saturated carbocycles. The van der Waals surface area contributed by atoms with Crippen LogP contribution >= 0.6 is 11.8 Å². The second kappa shape index (κ2) is 7.01. The molecule has 1 aromatic heterocycles. The lowest BCUT2D eigenvalue weighted by Gasteiger charge is -2.12. The largest absolute Gasteiger partial charge is 0.299 e. The summed E-state index contributed by atoms with van der Waals surface area (Å²) in [6.07, 6.45) is 0. The first-order valence-electron chi connectivity index (χ1n) is 7.81. The highest BCUT2D eigenvalue weighted by molar-refractivity contribution is 8.00. The van der Waals surface area contributed by atoms with Crippen LogP contribution in [0.25, 0.3) is 17.1 Å². The normalized spacial score (nSPS) is 12.1. The van der Waals surface area contributed by atoms with Gasteiger partial charge in [-0.15, -0.1) is 10.2 Å². The number of thioether (sulfide) groups is 1. The molecule has 5 heteroatoms. The Kier molecular flexibility index (Phi) is 4.81. The third-order valence-corrected chi connectivity index (χ3v) is 4.97. The molecule has 24 heavy (non-hydrogen) atoms. The summed E-state index contributed by atoms with van der Waals surface area (Å²) in [5, 5.41) is 9.27. The highest BCUT2D eigenvalue weighted by Gasteiger charge is 2.19. The Morgan fingerprint density at radius 2 is 1.71 bits per heavy atom. The molecule has 0 bridgehead atoms. The minimum atomic E-state index is -0.165. The Hall–Kier alpha value is -2.40. The molecule has 0 saturated heterocycles. The van der Waals surface area contributed by atoms with Gasteiger partial charge in [-0.25, -0.2) is 0 Å². The van der Waals surface area contributed by atoms with E-state index in [2.05, 4.69) is 29.3 Å². The molecule has 0 fully saturated rings. The number of ketones is 1. The van der Waals surface area contributed by atoms with Gasteiger partial charge >= 0.3 is 0 Å². The van der Waals surface area contributed by atoms with Gasteiger partial charge in [0.15, 0.2) is 11.0 Å². The minimum absolute atomic E-state index is 0.125. The molecule has 0 aliphatic heterocycles. The molecular formula is C19H19N3OS. The van der Waals surface area contributed by atoms with Crippen LogP contribution in [0.1, 0.15) is 19.4 Å². The lowest BCUT2D eigenvalue weighted by Crippen LogP contribution is -2.10. The zero-order valence-electron chi connectivity index (χ0n) is 13.9. The van der Waals surface area contributed by atoms with Crippen molar-refractivity contribution in [3.8, 4) is 17.1 Å². The molecule has 1 unspecified atom stereocenters. The molecule has 0 amide bonds. The average molecular weight is 337 g/mol. The summed E-state index contributed by atoms with van der Waals surface area (Å²) in [5.74, 6) is 0.900. The summed E-state index contributed by atoms with van der Waals surface area (Å²) >= 11 is 1.43. The van der Waals surface area contributed by atoms with Crippen LogP contribution in [-0.2, 0) is 4.79 Å². The predicted octanol–water partition coefficient (Wildman–Crippen LogP) is 4.31. The molecule has 0 aliphatic rings. The third kappa shape index (κ3) is 3.41. The van der Waals surface area contributed by atoms with Gasteiger partial charge < -0.3 is 0 Å². The molecule has 0 radical (unpaired) electrons. The van der Waals surface area contributed by atoms with E-state index in [9.17, 15) is 4.79 Å². The van der Waals surface area contributed by atoms with E-state index in [-0.39, 0.29) is 11.0 Å². The van der Waals surface area contributed by atoms with E-state index in [4.69, 9.17) is 0 Å². The van der Waals surface area contributed by atoms with Gasteiger partial charge in [0.2, 0.25) is 0 Å². The fourth-order valence-electron chi connectivity index (χ4n) is 2.29. The molecule has 4 nitrogen and oxygen atoms in total. The first kappa shape index (κ1) is 16.5. The summed E-state index contributed by atoms with van der Waals surface area (Å²) in [7, 11) is 0. The van der Waals surface area contributed by atoms with Crippen molar-refractivity contribution >= 4 is 17.5 Å². The Labute approximate surface area is 145 Å². The highest BCUT2D eigenvalue weighted by atomic mass is 32.2. The quantitative estimate of drug-likeness (QED) is 0.651. The fourth-order valence-corrected chi connectivity index (χ4v) is 3.16. The molecule has 0 aliphatic carbocycles. The fraction of sp³-hybridized carbons (Fsp3) is 0.211. The lowest BCUT2D eigenvalue weighted by molar-refractivity contribution is -0.116. The first-order chi connectivity index (χ1) is 11.6. The van der Waals surface area contributed by atoms with E-state index in [0.717, 1.165) is 22.2 Å². The molecular weight excluding hydrogens is 318 g/mol. The zero-order valence-corrected chi connectivity index (χ0v) is 14.7. The Bertz CT molecular complexity index is 841.